The van der Waals surface area contributed by atoms with E-state index in [2.05, 4.69) is 9.47 Å². The fraction of sp³-hybridized carbons (Fsp3) is 0.222. The molecule has 0 bridgehead atoms. The van der Waals surface area contributed by atoms with Crippen molar-refractivity contribution in [2.75, 3.05) is 18.0 Å². The van der Waals surface area contributed by atoms with Crippen LogP contribution in [0.3, 0.4) is 0 Å². The zero-order valence-electron chi connectivity index (χ0n) is 20.5. The summed E-state index contributed by atoms with van der Waals surface area (Å²) < 4.78 is 69.3. The lowest BCUT2D eigenvalue weighted by Crippen LogP contribution is -2.43. The van der Waals surface area contributed by atoms with Crippen LogP contribution < -0.4 is 13.8 Å². The molecule has 39 heavy (non-hydrogen) atoms. The van der Waals surface area contributed by atoms with E-state index < -0.39 is 28.7 Å². The molecule has 3 aromatic carbocycles. The molecule has 0 spiro atoms. The first-order valence-electron chi connectivity index (χ1n) is 11.7. The molecule has 0 saturated carbocycles. The Morgan fingerprint density at radius 3 is 2.51 bits per heavy atom. The Balaban J connectivity index is 1.73. The van der Waals surface area contributed by atoms with Crippen LogP contribution in [0.15, 0.2) is 65.6 Å². The van der Waals surface area contributed by atoms with Crippen LogP contribution in [0, 0.1) is 0 Å². The van der Waals surface area contributed by atoms with Crippen molar-refractivity contribution in [1.29, 1.82) is 0 Å². The third-order valence-corrected chi connectivity index (χ3v) is 8.31. The van der Waals surface area contributed by atoms with Gasteiger partial charge in [-0.05, 0) is 48.4 Å². The van der Waals surface area contributed by atoms with Crippen LogP contribution in [0.25, 0.3) is 12.2 Å². The molecule has 1 aliphatic rings. The van der Waals surface area contributed by atoms with E-state index in [9.17, 15) is 22.0 Å². The number of benzene rings is 3. The summed E-state index contributed by atoms with van der Waals surface area (Å²) in [6.45, 7) is -3.24. The number of rotatable bonds is 9. The minimum Gasteiger partial charge on any atom is -0.486 e. The molecule has 1 aliphatic heterocycles. The van der Waals surface area contributed by atoms with Crippen LogP contribution >= 0.6 is 23.2 Å². The predicted octanol–water partition coefficient (Wildman–Crippen LogP) is 6.67. The molecular weight excluding hydrogens is 575 g/mol. The third kappa shape index (κ3) is 6.81. The number of halogens is 4. The molecule has 4 rings (SSSR count). The number of sulfonamides is 1. The number of carbonyl (C=O) groups excluding carboxylic acids is 1. The molecular formula is C27H23Cl2F2NO6S. The largest absolute Gasteiger partial charge is 0.486 e. The lowest BCUT2D eigenvalue weighted by atomic mass is 10.1. The summed E-state index contributed by atoms with van der Waals surface area (Å²) >= 11 is 12.5. The average molecular weight is 598 g/mol. The maximum Gasteiger partial charge on any atom is 0.387 e. The molecule has 0 fully saturated rings. The number of anilines is 1. The maximum absolute atomic E-state index is 13.8. The fourth-order valence-corrected chi connectivity index (χ4v) is 6.04. The van der Waals surface area contributed by atoms with Gasteiger partial charge in [-0.2, -0.15) is 8.78 Å². The van der Waals surface area contributed by atoms with Crippen LogP contribution in [0.2, 0.25) is 10.0 Å². The van der Waals surface area contributed by atoms with E-state index in [1.54, 1.807) is 48.6 Å². The van der Waals surface area contributed by atoms with E-state index in [4.69, 9.17) is 27.9 Å². The van der Waals surface area contributed by atoms with Crippen LogP contribution in [-0.4, -0.2) is 40.8 Å². The first-order chi connectivity index (χ1) is 18.6. The van der Waals surface area contributed by atoms with Gasteiger partial charge in [0.2, 0.25) is 0 Å². The molecule has 206 valence electrons. The second kappa shape index (κ2) is 12.2. The summed E-state index contributed by atoms with van der Waals surface area (Å²) in [5, 5.41) is 0.896. The second-order valence-electron chi connectivity index (χ2n) is 8.44. The topological polar surface area (TPSA) is 82.1 Å². The molecule has 7 nitrogen and oxygen atoms in total. The molecule has 0 unspecified atom stereocenters. The standard InChI is InChI=1S/C27H23Cl2F2NO6S/c1-36-26(33)13-10-19-16-32(39(34,35)20-5-2-4-18(15-20)38-27(30)31)24-14-17(9-12-25(24)37-19)8-11-21-22(28)6-3-7-23(21)29/h2-9,11-12,14-15,19,27H,10,13,16H2,1H3/b11-8+/t19-/m0/s1. The van der Waals surface area contributed by atoms with Crippen molar-refractivity contribution in [2.45, 2.75) is 30.5 Å². The normalized spacial score (nSPS) is 15.2. The highest BCUT2D eigenvalue weighted by atomic mass is 35.5. The van der Waals surface area contributed by atoms with E-state index >= 15 is 0 Å². The fourth-order valence-electron chi connectivity index (χ4n) is 3.98. The van der Waals surface area contributed by atoms with Gasteiger partial charge in [-0.15, -0.1) is 0 Å². The minimum atomic E-state index is -4.26. The third-order valence-electron chi connectivity index (χ3n) is 5.87. The quantitative estimate of drug-likeness (QED) is 0.202. The number of methoxy groups -OCH3 is 1. The average Bonchev–Trinajstić information content (AvgIpc) is 2.90. The number of nitrogens with zero attached hydrogens (tertiary/aromatic N) is 1. The summed E-state index contributed by atoms with van der Waals surface area (Å²) in [6, 6.07) is 14.9. The first-order valence-corrected chi connectivity index (χ1v) is 13.9. The van der Waals surface area contributed by atoms with Gasteiger partial charge in [0.05, 0.1) is 24.2 Å². The van der Waals surface area contributed by atoms with Gasteiger partial charge in [0, 0.05) is 28.1 Å². The Morgan fingerprint density at radius 2 is 1.82 bits per heavy atom. The molecule has 12 heteroatoms. The summed E-state index contributed by atoms with van der Waals surface area (Å²) in [6.07, 6.45) is 2.97. The van der Waals surface area contributed by atoms with Gasteiger partial charge < -0.3 is 14.2 Å². The van der Waals surface area contributed by atoms with E-state index in [0.29, 0.717) is 21.2 Å². The van der Waals surface area contributed by atoms with Gasteiger partial charge in [0.15, 0.2) is 0 Å². The second-order valence-corrected chi connectivity index (χ2v) is 11.1. The lowest BCUT2D eigenvalue weighted by molar-refractivity contribution is -0.141. The molecule has 1 atom stereocenters. The van der Waals surface area contributed by atoms with Crippen molar-refractivity contribution in [2.24, 2.45) is 0 Å². The Kier molecular flexibility index (Phi) is 8.99. The number of ether oxygens (including phenoxy) is 3. The van der Waals surface area contributed by atoms with Crippen LogP contribution in [0.4, 0.5) is 14.5 Å². The number of alkyl halides is 2. The molecule has 1 heterocycles. The summed E-state index contributed by atoms with van der Waals surface area (Å²) in [4.78, 5) is 11.4. The predicted molar refractivity (Wildman–Crippen MR) is 145 cm³/mol. The van der Waals surface area contributed by atoms with Gasteiger partial charge in [-0.3, -0.25) is 9.10 Å². The zero-order valence-corrected chi connectivity index (χ0v) is 22.8. The Bertz CT molecular complexity index is 1480. The van der Waals surface area contributed by atoms with Gasteiger partial charge >= 0.3 is 12.6 Å². The van der Waals surface area contributed by atoms with Crippen molar-refractivity contribution < 1.29 is 36.2 Å². The lowest BCUT2D eigenvalue weighted by Gasteiger charge is -2.35. The molecule has 0 aliphatic carbocycles. The van der Waals surface area contributed by atoms with Crippen molar-refractivity contribution in [3.8, 4) is 11.5 Å². The van der Waals surface area contributed by atoms with Gasteiger partial charge in [-0.1, -0.05) is 53.6 Å². The minimum absolute atomic E-state index is 0.0154. The van der Waals surface area contributed by atoms with Gasteiger partial charge in [0.1, 0.15) is 17.6 Å². The summed E-state index contributed by atoms with van der Waals surface area (Å²) in [7, 11) is -3.00. The molecule has 0 aromatic heterocycles. The molecule has 3 aromatic rings. The van der Waals surface area contributed by atoms with Gasteiger partial charge in [0.25, 0.3) is 10.0 Å². The zero-order chi connectivity index (χ0) is 28.2. The number of hydrogen-bond donors (Lipinski definition) is 0. The van der Waals surface area contributed by atoms with E-state index in [0.717, 1.165) is 10.4 Å². The molecule has 0 N–H and O–H groups in total. The first kappa shape index (κ1) is 28.7. The number of hydrogen-bond acceptors (Lipinski definition) is 6. The smallest absolute Gasteiger partial charge is 0.387 e. The van der Waals surface area contributed by atoms with Crippen LogP contribution in [0.5, 0.6) is 11.5 Å². The summed E-state index contributed by atoms with van der Waals surface area (Å²) in [5.74, 6) is -0.489. The maximum atomic E-state index is 13.8. The van der Waals surface area contributed by atoms with Crippen LogP contribution in [-0.2, 0) is 19.6 Å². The van der Waals surface area contributed by atoms with Crippen LogP contribution in [0.1, 0.15) is 24.0 Å². The Morgan fingerprint density at radius 1 is 1.10 bits per heavy atom. The summed E-state index contributed by atoms with van der Waals surface area (Å²) in [5.41, 5.74) is 1.45. The van der Waals surface area contributed by atoms with E-state index in [-0.39, 0.29) is 41.5 Å². The van der Waals surface area contributed by atoms with E-state index in [1.165, 1.54) is 25.3 Å². The monoisotopic (exact) mass is 597 g/mol. The van der Waals surface area contributed by atoms with Crippen molar-refractivity contribution >= 4 is 57.0 Å². The van der Waals surface area contributed by atoms with Crippen molar-refractivity contribution in [3.63, 3.8) is 0 Å². The highest BCUT2D eigenvalue weighted by molar-refractivity contribution is 7.92. The number of fused-ring (bicyclic) bond motifs is 1. The molecule has 0 amide bonds. The van der Waals surface area contributed by atoms with Crippen molar-refractivity contribution in [3.05, 3.63) is 81.8 Å². The highest BCUT2D eigenvalue weighted by Gasteiger charge is 2.35. The van der Waals surface area contributed by atoms with Crippen molar-refractivity contribution in [1.82, 2.24) is 0 Å². The molecule has 0 radical (unpaired) electrons. The SMILES string of the molecule is COC(=O)CC[C@H]1CN(S(=O)(=O)c2cccc(OC(F)F)c2)c2cc(/C=C/c3c(Cl)cccc3Cl)ccc2O1. The highest BCUT2D eigenvalue weighted by Crippen LogP contribution is 2.39. The van der Waals surface area contributed by atoms with Gasteiger partial charge in [-0.25, -0.2) is 8.42 Å². The number of esters is 1. The Hall–Kier alpha value is -3.34. The van der Waals surface area contributed by atoms with E-state index in [1.807, 2.05) is 0 Å². The number of carbonyl (C=O) groups is 1. The Labute approximate surface area is 234 Å². The molecule has 0 saturated heterocycles.